The summed E-state index contributed by atoms with van der Waals surface area (Å²) in [6, 6.07) is 26.2. The van der Waals surface area contributed by atoms with Crippen molar-refractivity contribution in [3.05, 3.63) is 102 Å². The molecule has 0 aliphatic carbocycles. The lowest BCUT2D eigenvalue weighted by atomic mass is 10.1. The molecule has 4 aromatic rings. The lowest BCUT2D eigenvalue weighted by Gasteiger charge is -2.08. The Bertz CT molecular complexity index is 1110. The van der Waals surface area contributed by atoms with Crippen LogP contribution in [0.15, 0.2) is 91.0 Å². The molecule has 0 saturated carbocycles. The van der Waals surface area contributed by atoms with E-state index >= 15 is 0 Å². The van der Waals surface area contributed by atoms with E-state index in [9.17, 15) is 4.79 Å². The standard InChI is InChI=1S/C22H16N4O2/c27-20(17-9-3-1-4-10-17)16-15-18-11-7-8-14-21(18)28-22-23-24-25-26(22)19-12-5-2-6-13-19/h1-16H/b16-15+. The van der Waals surface area contributed by atoms with Crippen LogP contribution in [0.4, 0.5) is 0 Å². The van der Waals surface area contributed by atoms with Gasteiger partial charge in [0.2, 0.25) is 0 Å². The number of tetrazole rings is 1. The van der Waals surface area contributed by atoms with Crippen LogP contribution in [0.2, 0.25) is 0 Å². The number of ketones is 1. The van der Waals surface area contributed by atoms with E-state index in [2.05, 4.69) is 15.5 Å². The van der Waals surface area contributed by atoms with E-state index in [0.717, 1.165) is 11.3 Å². The maximum atomic E-state index is 12.3. The molecule has 6 nitrogen and oxygen atoms in total. The van der Waals surface area contributed by atoms with Gasteiger partial charge < -0.3 is 4.74 Å². The van der Waals surface area contributed by atoms with Gasteiger partial charge in [-0.3, -0.25) is 4.79 Å². The smallest absolute Gasteiger partial charge is 0.345 e. The van der Waals surface area contributed by atoms with E-state index < -0.39 is 0 Å². The molecule has 136 valence electrons. The van der Waals surface area contributed by atoms with E-state index in [0.29, 0.717) is 11.3 Å². The third-order valence-electron chi connectivity index (χ3n) is 4.03. The Morgan fingerprint density at radius 1 is 0.857 bits per heavy atom. The highest BCUT2D eigenvalue weighted by molar-refractivity contribution is 6.06. The first-order chi connectivity index (χ1) is 13.8. The summed E-state index contributed by atoms with van der Waals surface area (Å²) in [6.07, 6.45) is 3.25. The minimum Gasteiger partial charge on any atom is -0.422 e. The van der Waals surface area contributed by atoms with Crippen LogP contribution in [-0.2, 0) is 0 Å². The van der Waals surface area contributed by atoms with Crippen molar-refractivity contribution in [3.63, 3.8) is 0 Å². The molecule has 0 bridgehead atoms. The number of aromatic nitrogens is 4. The Morgan fingerprint density at radius 3 is 2.32 bits per heavy atom. The summed E-state index contributed by atoms with van der Waals surface area (Å²) in [7, 11) is 0. The van der Waals surface area contributed by atoms with Gasteiger partial charge in [-0.25, -0.2) is 0 Å². The maximum absolute atomic E-state index is 12.3. The predicted octanol–water partition coefficient (Wildman–Crippen LogP) is 4.35. The second-order valence-electron chi connectivity index (χ2n) is 5.91. The van der Waals surface area contributed by atoms with Gasteiger partial charge in [0, 0.05) is 11.1 Å². The van der Waals surface area contributed by atoms with Crippen molar-refractivity contribution in [1.82, 2.24) is 20.2 Å². The van der Waals surface area contributed by atoms with Crippen LogP contribution in [0.3, 0.4) is 0 Å². The largest absolute Gasteiger partial charge is 0.422 e. The summed E-state index contributed by atoms with van der Waals surface area (Å²) < 4.78 is 7.45. The van der Waals surface area contributed by atoms with Crippen LogP contribution in [-0.4, -0.2) is 26.0 Å². The zero-order valence-electron chi connectivity index (χ0n) is 14.8. The molecular formula is C22H16N4O2. The molecule has 1 heterocycles. The maximum Gasteiger partial charge on any atom is 0.345 e. The Hall–Kier alpha value is -4.06. The number of carbonyl (C=O) groups excluding carboxylic acids is 1. The minimum atomic E-state index is -0.0791. The number of allylic oxidation sites excluding steroid dienone is 1. The van der Waals surface area contributed by atoms with E-state index in [1.54, 1.807) is 24.3 Å². The van der Waals surface area contributed by atoms with Crippen LogP contribution in [0.5, 0.6) is 11.8 Å². The monoisotopic (exact) mass is 368 g/mol. The first kappa shape index (κ1) is 17.4. The zero-order chi connectivity index (χ0) is 19.2. The van der Waals surface area contributed by atoms with E-state index in [1.807, 2.05) is 66.7 Å². The molecule has 0 amide bonds. The van der Waals surface area contributed by atoms with Crippen LogP contribution >= 0.6 is 0 Å². The van der Waals surface area contributed by atoms with Gasteiger partial charge in [0.05, 0.1) is 5.69 Å². The number of para-hydroxylation sites is 2. The summed E-state index contributed by atoms with van der Waals surface area (Å²) >= 11 is 0. The van der Waals surface area contributed by atoms with Crippen molar-refractivity contribution >= 4 is 11.9 Å². The lowest BCUT2D eigenvalue weighted by Crippen LogP contribution is -2.00. The van der Waals surface area contributed by atoms with Gasteiger partial charge in [-0.05, 0) is 40.8 Å². The third kappa shape index (κ3) is 3.86. The molecule has 0 spiro atoms. The minimum absolute atomic E-state index is 0.0791. The first-order valence-corrected chi connectivity index (χ1v) is 8.69. The second kappa shape index (κ2) is 8.09. The number of carbonyl (C=O) groups is 1. The van der Waals surface area contributed by atoms with Crippen LogP contribution in [0.1, 0.15) is 15.9 Å². The predicted molar refractivity (Wildman–Crippen MR) is 105 cm³/mol. The van der Waals surface area contributed by atoms with Gasteiger partial charge in [0.1, 0.15) is 5.75 Å². The Kier molecular flexibility index (Phi) is 5.02. The van der Waals surface area contributed by atoms with E-state index in [1.165, 1.54) is 10.8 Å². The molecule has 1 aromatic heterocycles. The Morgan fingerprint density at radius 2 is 1.54 bits per heavy atom. The highest BCUT2D eigenvalue weighted by atomic mass is 16.5. The number of ether oxygens (including phenoxy) is 1. The quantitative estimate of drug-likeness (QED) is 0.374. The summed E-state index contributed by atoms with van der Waals surface area (Å²) in [6.45, 7) is 0. The van der Waals surface area contributed by atoms with Crippen molar-refractivity contribution in [2.75, 3.05) is 0 Å². The van der Waals surface area contributed by atoms with Gasteiger partial charge in [-0.15, -0.1) is 0 Å². The summed E-state index contributed by atoms with van der Waals surface area (Å²) in [5.74, 6) is 0.469. The molecule has 3 aromatic carbocycles. The molecule has 0 unspecified atom stereocenters. The molecule has 0 radical (unpaired) electrons. The van der Waals surface area contributed by atoms with Gasteiger partial charge in [-0.1, -0.05) is 71.8 Å². The fraction of sp³-hybridized carbons (Fsp3) is 0. The van der Waals surface area contributed by atoms with Gasteiger partial charge in [-0.2, -0.15) is 4.68 Å². The van der Waals surface area contributed by atoms with E-state index in [-0.39, 0.29) is 11.8 Å². The van der Waals surface area contributed by atoms with Gasteiger partial charge in [0.25, 0.3) is 0 Å². The molecule has 0 aliphatic heterocycles. The number of nitrogens with zero attached hydrogens (tertiary/aromatic N) is 4. The lowest BCUT2D eigenvalue weighted by molar-refractivity contribution is 0.104. The molecule has 28 heavy (non-hydrogen) atoms. The number of benzene rings is 3. The van der Waals surface area contributed by atoms with Crippen molar-refractivity contribution in [2.24, 2.45) is 0 Å². The average molecular weight is 368 g/mol. The third-order valence-corrected chi connectivity index (χ3v) is 4.03. The second-order valence-corrected chi connectivity index (χ2v) is 5.91. The molecule has 0 fully saturated rings. The molecule has 0 saturated heterocycles. The van der Waals surface area contributed by atoms with E-state index in [4.69, 9.17) is 4.74 Å². The SMILES string of the molecule is O=C(/C=C/c1ccccc1Oc1nnnn1-c1ccccc1)c1ccccc1. The van der Waals surface area contributed by atoms with Crippen molar-refractivity contribution < 1.29 is 9.53 Å². The normalized spacial score (nSPS) is 10.9. The van der Waals surface area contributed by atoms with Crippen molar-refractivity contribution in [1.29, 1.82) is 0 Å². The Balaban J connectivity index is 1.59. The van der Waals surface area contributed by atoms with Crippen molar-refractivity contribution in [2.45, 2.75) is 0 Å². The first-order valence-electron chi connectivity index (χ1n) is 8.69. The molecule has 0 N–H and O–H groups in total. The highest BCUT2D eigenvalue weighted by Crippen LogP contribution is 2.26. The van der Waals surface area contributed by atoms with Crippen LogP contribution in [0.25, 0.3) is 11.8 Å². The van der Waals surface area contributed by atoms with Gasteiger partial charge in [0.15, 0.2) is 5.78 Å². The van der Waals surface area contributed by atoms with Gasteiger partial charge >= 0.3 is 6.01 Å². The molecule has 0 aliphatic rings. The summed E-state index contributed by atoms with van der Waals surface area (Å²) in [4.78, 5) is 12.3. The van der Waals surface area contributed by atoms with Crippen LogP contribution in [0, 0.1) is 0 Å². The average Bonchev–Trinajstić information content (AvgIpc) is 3.22. The summed E-state index contributed by atoms with van der Waals surface area (Å²) in [5, 5.41) is 11.6. The molecular weight excluding hydrogens is 352 g/mol. The summed E-state index contributed by atoms with van der Waals surface area (Å²) in [5.41, 5.74) is 2.16. The highest BCUT2D eigenvalue weighted by Gasteiger charge is 2.12. The number of rotatable bonds is 6. The van der Waals surface area contributed by atoms with Crippen LogP contribution < -0.4 is 4.74 Å². The fourth-order valence-electron chi connectivity index (χ4n) is 2.65. The fourth-order valence-corrected chi connectivity index (χ4v) is 2.65. The van der Waals surface area contributed by atoms with Crippen molar-refractivity contribution in [3.8, 4) is 17.4 Å². The number of hydrogen-bond donors (Lipinski definition) is 0. The molecule has 6 heteroatoms. The molecule has 0 atom stereocenters. The topological polar surface area (TPSA) is 69.9 Å². The molecule has 4 rings (SSSR count). The number of hydrogen-bond acceptors (Lipinski definition) is 5. The Labute approximate surface area is 161 Å². The zero-order valence-corrected chi connectivity index (χ0v) is 14.8.